The van der Waals surface area contributed by atoms with Gasteiger partial charge in [-0.25, -0.2) is 14.6 Å². The molecule has 0 unspecified atom stereocenters. The molecule has 0 bridgehead atoms. The first-order chi connectivity index (χ1) is 27.0. The lowest BCUT2D eigenvalue weighted by Crippen LogP contribution is -2.22. The lowest BCUT2D eigenvalue weighted by molar-refractivity contribution is 0.0179. The van der Waals surface area contributed by atoms with E-state index in [2.05, 4.69) is 20.6 Å². The molecule has 0 atom stereocenters. The van der Waals surface area contributed by atoms with E-state index in [1.54, 1.807) is 50.7 Å². The van der Waals surface area contributed by atoms with E-state index in [4.69, 9.17) is 33.2 Å². The molecule has 1 aromatic heterocycles. The lowest BCUT2D eigenvalue weighted by Gasteiger charge is -2.23. The van der Waals surface area contributed by atoms with Crippen LogP contribution in [0.25, 0.3) is 10.8 Å². The van der Waals surface area contributed by atoms with Gasteiger partial charge >= 0.3 is 12.0 Å². The third-order valence-corrected chi connectivity index (χ3v) is 8.50. The van der Waals surface area contributed by atoms with Crippen molar-refractivity contribution in [3.8, 4) is 28.9 Å². The number of anilines is 2. The van der Waals surface area contributed by atoms with E-state index in [0.717, 1.165) is 16.5 Å². The fourth-order valence-corrected chi connectivity index (χ4v) is 5.71. The molecule has 0 radical (unpaired) electrons. The highest BCUT2D eigenvalue weighted by atomic mass is 16.6. The van der Waals surface area contributed by atoms with Crippen LogP contribution in [-0.2, 0) is 26.0 Å². The summed E-state index contributed by atoms with van der Waals surface area (Å²) in [6, 6.07) is 20.9. The number of carboxylic acids is 1. The Hall–Kier alpha value is -5.96. The molecule has 14 nitrogen and oxygen atoms in total. The summed E-state index contributed by atoms with van der Waals surface area (Å²) in [7, 11) is 4.59. The molecule has 0 saturated heterocycles. The van der Waals surface area contributed by atoms with Crippen molar-refractivity contribution in [3.05, 3.63) is 102 Å². The van der Waals surface area contributed by atoms with E-state index in [9.17, 15) is 14.7 Å². The molecule has 0 aliphatic carbocycles. The largest absolute Gasteiger partial charge is 0.497 e. The molecule has 56 heavy (non-hydrogen) atoms. The summed E-state index contributed by atoms with van der Waals surface area (Å²) in [6.07, 6.45) is 2.02. The minimum atomic E-state index is -1.16. The first kappa shape index (κ1) is 41.2. The van der Waals surface area contributed by atoms with Crippen LogP contribution in [-0.4, -0.2) is 88.0 Å². The third-order valence-electron chi connectivity index (χ3n) is 8.50. The molecule has 5 aromatic rings. The highest BCUT2D eigenvalue weighted by Gasteiger charge is 2.24. The molecular formula is C42H48N4O10. The van der Waals surface area contributed by atoms with Crippen LogP contribution in [0.2, 0.25) is 0 Å². The molecule has 296 valence electrons. The van der Waals surface area contributed by atoms with Gasteiger partial charge in [-0.1, -0.05) is 45.0 Å². The average Bonchev–Trinajstić information content (AvgIpc) is 3.17. The summed E-state index contributed by atoms with van der Waals surface area (Å²) in [5.41, 5.74) is 1.91. The number of methoxy groups -OCH3 is 3. The predicted octanol–water partition coefficient (Wildman–Crippen LogP) is 7.73. The maximum Gasteiger partial charge on any atom is 0.339 e. The minimum Gasteiger partial charge on any atom is -0.497 e. The number of hydrogen-bond donors (Lipinski definition) is 3. The Bertz CT molecular complexity index is 2120. The lowest BCUT2D eigenvalue weighted by atomic mass is 9.85. The fourth-order valence-electron chi connectivity index (χ4n) is 5.71. The van der Waals surface area contributed by atoms with Crippen LogP contribution < -0.4 is 29.6 Å². The summed E-state index contributed by atoms with van der Waals surface area (Å²) >= 11 is 0. The van der Waals surface area contributed by atoms with Crippen molar-refractivity contribution in [2.75, 3.05) is 71.6 Å². The van der Waals surface area contributed by atoms with Gasteiger partial charge in [-0.05, 0) is 52.9 Å². The highest BCUT2D eigenvalue weighted by Crippen LogP contribution is 2.37. The van der Waals surface area contributed by atoms with Crippen molar-refractivity contribution in [1.29, 1.82) is 0 Å². The molecule has 0 spiro atoms. The van der Waals surface area contributed by atoms with E-state index >= 15 is 0 Å². The van der Waals surface area contributed by atoms with Gasteiger partial charge < -0.3 is 48.9 Å². The van der Waals surface area contributed by atoms with Gasteiger partial charge in [0.1, 0.15) is 35.2 Å². The van der Waals surface area contributed by atoms with Gasteiger partial charge in [-0.15, -0.1) is 0 Å². The second-order valence-corrected chi connectivity index (χ2v) is 13.6. The predicted molar refractivity (Wildman–Crippen MR) is 212 cm³/mol. The van der Waals surface area contributed by atoms with Gasteiger partial charge in [0.25, 0.3) is 0 Å². The molecule has 4 aromatic carbocycles. The van der Waals surface area contributed by atoms with Crippen molar-refractivity contribution >= 4 is 34.1 Å². The fraction of sp³-hybridized carbons (Fsp3) is 0.333. The van der Waals surface area contributed by atoms with Crippen LogP contribution in [0.5, 0.6) is 28.9 Å². The smallest absolute Gasteiger partial charge is 0.339 e. The van der Waals surface area contributed by atoms with Gasteiger partial charge in [0.15, 0.2) is 5.75 Å². The number of carboxylic acid groups (broad SMARTS) is 1. The Labute approximate surface area is 326 Å². The summed E-state index contributed by atoms with van der Waals surface area (Å²) in [4.78, 5) is 34.6. The molecule has 3 N–H and O–H groups in total. The highest BCUT2D eigenvalue weighted by molar-refractivity contribution is 6.08. The Balaban J connectivity index is 1.27. The number of ether oxygens (including phenoxy) is 7. The molecule has 2 amide bonds. The van der Waals surface area contributed by atoms with Crippen LogP contribution in [0.15, 0.2) is 79.0 Å². The Kier molecular flexibility index (Phi) is 14.4. The molecule has 14 heteroatoms. The number of urea groups is 1. The number of nitrogens with one attached hydrogen (secondary N) is 2. The van der Waals surface area contributed by atoms with Crippen molar-refractivity contribution in [2.45, 2.75) is 32.6 Å². The third kappa shape index (κ3) is 11.3. The van der Waals surface area contributed by atoms with Crippen LogP contribution in [0.4, 0.5) is 16.2 Å². The quantitative estimate of drug-likeness (QED) is 0.0701. The summed E-state index contributed by atoms with van der Waals surface area (Å²) in [6.45, 7) is 8.64. The van der Waals surface area contributed by atoms with E-state index in [1.807, 2.05) is 63.2 Å². The Morgan fingerprint density at radius 2 is 1.45 bits per heavy atom. The van der Waals surface area contributed by atoms with E-state index in [0.29, 0.717) is 86.1 Å². The van der Waals surface area contributed by atoms with Crippen LogP contribution in [0, 0.1) is 0 Å². The number of fused-ring (bicyclic) bond motifs is 1. The molecule has 1 heterocycles. The van der Waals surface area contributed by atoms with Crippen LogP contribution >= 0.6 is 0 Å². The van der Waals surface area contributed by atoms with Crippen molar-refractivity contribution in [2.24, 2.45) is 0 Å². The van der Waals surface area contributed by atoms with E-state index < -0.39 is 12.0 Å². The second-order valence-electron chi connectivity index (χ2n) is 13.6. The second kappa shape index (κ2) is 19.6. The van der Waals surface area contributed by atoms with Crippen molar-refractivity contribution in [3.63, 3.8) is 0 Å². The molecule has 5 rings (SSSR count). The van der Waals surface area contributed by atoms with Gasteiger partial charge in [-0.2, -0.15) is 4.98 Å². The molecule has 0 aliphatic rings. The molecule has 0 fully saturated rings. The molecular weight excluding hydrogens is 720 g/mol. The van der Waals surface area contributed by atoms with E-state index in [-0.39, 0.29) is 22.4 Å². The number of amides is 2. The normalized spacial score (nSPS) is 11.2. The molecule has 0 aliphatic heterocycles. The number of carbonyl (C=O) groups excluding carboxylic acids is 1. The Morgan fingerprint density at radius 3 is 2.14 bits per heavy atom. The average molecular weight is 769 g/mol. The van der Waals surface area contributed by atoms with Crippen molar-refractivity contribution in [1.82, 2.24) is 9.97 Å². The van der Waals surface area contributed by atoms with Gasteiger partial charge in [0.05, 0.1) is 58.6 Å². The summed E-state index contributed by atoms with van der Waals surface area (Å²) < 4.78 is 39.1. The SMILES string of the molecule is COCCOCCOCCOc1cc(Cc2nccc(Oc3ccc(NC(=O)Nc4cc(C(C)(C)C)cc(C(=O)O)c4OC)c4ccccc34)n2)cc(OC)c1. The van der Waals surface area contributed by atoms with Gasteiger partial charge in [-0.3, -0.25) is 0 Å². The molecule has 0 saturated carbocycles. The number of rotatable bonds is 19. The van der Waals surface area contributed by atoms with Gasteiger partial charge in [0.2, 0.25) is 5.88 Å². The zero-order chi connectivity index (χ0) is 40.1. The van der Waals surface area contributed by atoms with E-state index in [1.165, 1.54) is 7.11 Å². The van der Waals surface area contributed by atoms with Crippen LogP contribution in [0.3, 0.4) is 0 Å². The van der Waals surface area contributed by atoms with Gasteiger partial charge in [0, 0.05) is 42.6 Å². The maximum absolute atomic E-state index is 13.4. The summed E-state index contributed by atoms with van der Waals surface area (Å²) in [5, 5.41) is 17.0. The van der Waals surface area contributed by atoms with Crippen LogP contribution in [0.1, 0.15) is 48.1 Å². The number of hydrogen-bond acceptors (Lipinski definition) is 11. The number of nitrogens with zero attached hydrogens (tertiary/aromatic N) is 2. The first-order valence-corrected chi connectivity index (χ1v) is 18.0. The monoisotopic (exact) mass is 768 g/mol. The standard InChI is InChI=1S/C42H48N4O10/c1-42(2,3)28-24-33(40(47)48)39(52-6)35(25-28)45-41(49)44-34-11-12-36(32-10-8-7-9-31(32)34)56-38-13-14-43-37(46-38)23-27-21-29(51-5)26-30(22-27)55-20-19-54-18-17-53-16-15-50-4/h7-14,21-22,24-26H,15-20,23H2,1-6H3,(H,47,48)(H2,44,45,49). The minimum absolute atomic E-state index is 0.0500. The zero-order valence-electron chi connectivity index (χ0n) is 32.5. The maximum atomic E-state index is 13.4. The Morgan fingerprint density at radius 1 is 0.750 bits per heavy atom. The number of benzene rings is 4. The zero-order valence-corrected chi connectivity index (χ0v) is 32.5. The van der Waals surface area contributed by atoms with Crippen molar-refractivity contribution < 1.29 is 47.9 Å². The number of aromatic carboxylic acids is 1. The topological polar surface area (TPSA) is 169 Å². The number of carbonyl (C=O) groups is 2. The summed E-state index contributed by atoms with van der Waals surface area (Å²) in [5.74, 6) is 1.52. The number of aromatic nitrogens is 2. The first-order valence-electron chi connectivity index (χ1n) is 18.0.